The first-order chi connectivity index (χ1) is 12.3. The summed E-state index contributed by atoms with van der Waals surface area (Å²) in [5.41, 5.74) is 8.46. The molecule has 0 saturated carbocycles. The summed E-state index contributed by atoms with van der Waals surface area (Å²) in [5.74, 6) is -1.000. The van der Waals surface area contributed by atoms with Gasteiger partial charge in [-0.05, 0) is 25.1 Å². The van der Waals surface area contributed by atoms with Crippen LogP contribution >= 0.6 is 0 Å². The number of benzene rings is 1. The first-order valence-electron chi connectivity index (χ1n) is 7.43. The fourth-order valence-electron chi connectivity index (χ4n) is 2.00. The highest BCUT2D eigenvalue weighted by atomic mass is 16.6. The molecule has 2 amide bonds. The fraction of sp³-hybridized carbons (Fsp3) is 0.125. The number of aromatic nitrogens is 1. The van der Waals surface area contributed by atoms with Crippen molar-refractivity contribution in [3.63, 3.8) is 0 Å². The van der Waals surface area contributed by atoms with Crippen molar-refractivity contribution in [2.45, 2.75) is 13.3 Å². The van der Waals surface area contributed by atoms with E-state index < -0.39 is 10.8 Å². The molecule has 0 spiro atoms. The molecule has 134 valence electrons. The second-order valence-electron chi connectivity index (χ2n) is 5.32. The topological polar surface area (TPSA) is 153 Å². The summed E-state index contributed by atoms with van der Waals surface area (Å²) in [6.45, 7) is 1.56. The Morgan fingerprint density at radius 1 is 1.35 bits per heavy atom. The molecule has 10 nitrogen and oxygen atoms in total. The Balaban J connectivity index is 1.96. The maximum atomic E-state index is 12.0. The minimum absolute atomic E-state index is 0.00642. The van der Waals surface area contributed by atoms with Crippen molar-refractivity contribution in [2.24, 2.45) is 5.10 Å². The first-order valence-corrected chi connectivity index (χ1v) is 7.43. The first kappa shape index (κ1) is 18.5. The van der Waals surface area contributed by atoms with Crippen molar-refractivity contribution in [1.29, 1.82) is 0 Å². The highest BCUT2D eigenvalue weighted by Crippen LogP contribution is 2.18. The SMILES string of the molecule is C/C(CC(=O)Nc1cccnc1)=N/NC(=O)c1cc(N)cc([N+](=O)[O-])c1. The van der Waals surface area contributed by atoms with Gasteiger partial charge in [0.1, 0.15) is 0 Å². The summed E-state index contributed by atoms with van der Waals surface area (Å²) in [6.07, 6.45) is 3.03. The van der Waals surface area contributed by atoms with Crippen molar-refractivity contribution in [2.75, 3.05) is 11.1 Å². The smallest absolute Gasteiger partial charge is 0.272 e. The minimum Gasteiger partial charge on any atom is -0.399 e. The number of nitro benzene ring substituents is 1. The Morgan fingerprint density at radius 2 is 2.12 bits per heavy atom. The predicted molar refractivity (Wildman–Crippen MR) is 95.6 cm³/mol. The number of rotatable bonds is 6. The van der Waals surface area contributed by atoms with Crippen molar-refractivity contribution >= 4 is 34.6 Å². The van der Waals surface area contributed by atoms with Crippen molar-refractivity contribution in [3.8, 4) is 0 Å². The molecule has 1 heterocycles. The number of pyridine rings is 1. The average molecular weight is 356 g/mol. The van der Waals surface area contributed by atoms with Crippen LogP contribution in [0.15, 0.2) is 47.8 Å². The third kappa shape index (κ3) is 5.37. The van der Waals surface area contributed by atoms with Gasteiger partial charge in [-0.2, -0.15) is 5.10 Å². The predicted octanol–water partition coefficient (Wildman–Crippen LogP) is 1.71. The highest BCUT2D eigenvalue weighted by Gasteiger charge is 2.13. The van der Waals surface area contributed by atoms with Gasteiger partial charge in [0.25, 0.3) is 11.6 Å². The van der Waals surface area contributed by atoms with Gasteiger partial charge in [-0.3, -0.25) is 24.7 Å². The molecule has 0 aliphatic rings. The van der Waals surface area contributed by atoms with Gasteiger partial charge in [-0.25, -0.2) is 5.43 Å². The van der Waals surface area contributed by atoms with Crippen LogP contribution in [0.1, 0.15) is 23.7 Å². The Bertz CT molecular complexity index is 866. The summed E-state index contributed by atoms with van der Waals surface area (Å²) in [5, 5.41) is 17.3. The molecule has 0 saturated heterocycles. The van der Waals surface area contributed by atoms with E-state index in [0.717, 1.165) is 12.1 Å². The molecule has 0 radical (unpaired) electrons. The lowest BCUT2D eigenvalue weighted by molar-refractivity contribution is -0.384. The van der Waals surface area contributed by atoms with E-state index >= 15 is 0 Å². The fourth-order valence-corrected chi connectivity index (χ4v) is 2.00. The van der Waals surface area contributed by atoms with Crippen LogP contribution in [0, 0.1) is 10.1 Å². The number of nitrogens with two attached hydrogens (primary N) is 1. The van der Waals surface area contributed by atoms with Crippen LogP contribution in [0.25, 0.3) is 0 Å². The van der Waals surface area contributed by atoms with Gasteiger partial charge in [-0.1, -0.05) is 0 Å². The second kappa shape index (κ2) is 8.33. The Morgan fingerprint density at radius 3 is 2.77 bits per heavy atom. The van der Waals surface area contributed by atoms with E-state index in [1.165, 1.54) is 12.3 Å². The third-order valence-electron chi connectivity index (χ3n) is 3.12. The molecule has 0 atom stereocenters. The van der Waals surface area contributed by atoms with E-state index in [2.05, 4.69) is 20.8 Å². The average Bonchev–Trinajstić information content (AvgIpc) is 2.59. The number of hydrazone groups is 1. The number of hydrogen-bond donors (Lipinski definition) is 3. The normalized spacial score (nSPS) is 10.9. The lowest BCUT2D eigenvalue weighted by Crippen LogP contribution is -2.21. The minimum atomic E-state index is -0.674. The number of anilines is 2. The Kier molecular flexibility index (Phi) is 5.93. The maximum Gasteiger partial charge on any atom is 0.272 e. The van der Waals surface area contributed by atoms with Crippen molar-refractivity contribution < 1.29 is 14.5 Å². The monoisotopic (exact) mass is 356 g/mol. The molecule has 0 bridgehead atoms. The zero-order valence-corrected chi connectivity index (χ0v) is 13.8. The van der Waals surface area contributed by atoms with Gasteiger partial charge in [0.15, 0.2) is 0 Å². The molecular weight excluding hydrogens is 340 g/mol. The number of carbonyl (C=O) groups is 2. The number of nitrogen functional groups attached to an aromatic ring is 1. The maximum absolute atomic E-state index is 12.0. The molecule has 0 fully saturated rings. The molecule has 26 heavy (non-hydrogen) atoms. The van der Waals surface area contributed by atoms with Crippen molar-refractivity contribution in [3.05, 3.63) is 58.4 Å². The standard InChI is InChI=1S/C16H16N6O4/c1-10(5-15(23)19-13-3-2-4-18-9-13)20-21-16(24)11-6-12(17)8-14(7-11)22(25)26/h2-4,6-9H,5,17H2,1H3,(H,19,23)(H,21,24)/b20-10-. The molecule has 0 aliphatic heterocycles. The van der Waals surface area contributed by atoms with Gasteiger partial charge < -0.3 is 11.1 Å². The summed E-state index contributed by atoms with van der Waals surface area (Å²) in [4.78, 5) is 38.0. The molecule has 10 heteroatoms. The van der Waals surface area contributed by atoms with Crippen LogP contribution in [0.3, 0.4) is 0 Å². The zero-order chi connectivity index (χ0) is 19.1. The van der Waals surface area contributed by atoms with E-state index in [4.69, 9.17) is 5.73 Å². The molecule has 0 unspecified atom stereocenters. The van der Waals surface area contributed by atoms with Crippen LogP contribution in [-0.2, 0) is 4.79 Å². The molecule has 0 aliphatic carbocycles. The lowest BCUT2D eigenvalue weighted by atomic mass is 10.1. The number of nitro groups is 1. The van der Waals surface area contributed by atoms with Crippen LogP contribution in [-0.4, -0.2) is 27.4 Å². The molecule has 4 N–H and O–H groups in total. The van der Waals surface area contributed by atoms with Crippen LogP contribution < -0.4 is 16.5 Å². The van der Waals surface area contributed by atoms with E-state index in [-0.39, 0.29) is 29.3 Å². The number of amides is 2. The highest BCUT2D eigenvalue weighted by molar-refractivity contribution is 6.06. The molecule has 1 aromatic carbocycles. The molecule has 2 rings (SSSR count). The number of hydrogen-bond acceptors (Lipinski definition) is 7. The number of nitrogens with one attached hydrogen (secondary N) is 2. The van der Waals surface area contributed by atoms with Crippen molar-refractivity contribution in [1.82, 2.24) is 10.4 Å². The van der Waals surface area contributed by atoms with Gasteiger partial charge >= 0.3 is 0 Å². The number of carbonyl (C=O) groups excluding carboxylic acids is 2. The summed E-state index contributed by atoms with van der Waals surface area (Å²) in [7, 11) is 0. The zero-order valence-electron chi connectivity index (χ0n) is 13.8. The summed E-state index contributed by atoms with van der Waals surface area (Å²) < 4.78 is 0. The quantitative estimate of drug-likeness (QED) is 0.310. The molecule has 1 aromatic heterocycles. The number of non-ortho nitro benzene ring substituents is 1. The largest absolute Gasteiger partial charge is 0.399 e. The van der Waals surface area contributed by atoms with Crippen LogP contribution in [0.5, 0.6) is 0 Å². The Hall–Kier alpha value is -3.82. The van der Waals surface area contributed by atoms with E-state index in [9.17, 15) is 19.7 Å². The van der Waals surface area contributed by atoms with E-state index in [0.29, 0.717) is 11.4 Å². The van der Waals surface area contributed by atoms with Gasteiger partial charge in [0.2, 0.25) is 5.91 Å². The second-order valence-corrected chi connectivity index (χ2v) is 5.32. The summed E-state index contributed by atoms with van der Waals surface area (Å²) >= 11 is 0. The van der Waals surface area contributed by atoms with Gasteiger partial charge in [-0.15, -0.1) is 0 Å². The van der Waals surface area contributed by atoms with Gasteiger partial charge in [0, 0.05) is 29.7 Å². The molecule has 2 aromatic rings. The van der Waals surface area contributed by atoms with Crippen LogP contribution in [0.4, 0.5) is 17.1 Å². The van der Waals surface area contributed by atoms with Gasteiger partial charge in [0.05, 0.1) is 28.8 Å². The Labute approximate surface area is 148 Å². The van der Waals surface area contributed by atoms with E-state index in [1.54, 1.807) is 25.3 Å². The third-order valence-corrected chi connectivity index (χ3v) is 3.12. The lowest BCUT2D eigenvalue weighted by Gasteiger charge is -2.05. The summed E-state index contributed by atoms with van der Waals surface area (Å²) in [6, 6.07) is 6.90. The van der Waals surface area contributed by atoms with Crippen LogP contribution in [0.2, 0.25) is 0 Å². The molecular formula is C16H16N6O4. The number of nitrogens with zero attached hydrogens (tertiary/aromatic N) is 3. The van der Waals surface area contributed by atoms with E-state index in [1.807, 2.05) is 0 Å².